The Labute approximate surface area is 157 Å². The summed E-state index contributed by atoms with van der Waals surface area (Å²) < 4.78 is 14.0. The molecular formula is C21H23FN4O. The lowest BCUT2D eigenvalue weighted by Gasteiger charge is -2.15. The highest BCUT2D eigenvalue weighted by molar-refractivity contribution is 6.06. The van der Waals surface area contributed by atoms with Crippen LogP contribution in [0.25, 0.3) is 10.9 Å². The predicted octanol–water partition coefficient (Wildman–Crippen LogP) is 3.98. The summed E-state index contributed by atoms with van der Waals surface area (Å²) in [6, 6.07) is 12.8. The minimum atomic E-state index is -0.335. The van der Waals surface area contributed by atoms with Gasteiger partial charge in [-0.15, -0.1) is 0 Å². The lowest BCUT2D eigenvalue weighted by Crippen LogP contribution is -2.23. The summed E-state index contributed by atoms with van der Waals surface area (Å²) in [5.41, 5.74) is 3.58. The summed E-state index contributed by atoms with van der Waals surface area (Å²) in [5.74, 6) is -0.624. The average molecular weight is 366 g/mol. The van der Waals surface area contributed by atoms with Gasteiger partial charge in [-0.2, -0.15) is 0 Å². The van der Waals surface area contributed by atoms with Crippen LogP contribution in [-0.2, 0) is 0 Å². The number of nitrogens with one attached hydrogen (secondary N) is 3. The molecule has 6 heteroatoms. The van der Waals surface area contributed by atoms with Crippen LogP contribution in [-0.4, -0.2) is 42.0 Å². The molecule has 1 aliphatic rings. The van der Waals surface area contributed by atoms with E-state index in [1.54, 1.807) is 12.1 Å². The number of carbonyl (C=O) groups is 1. The van der Waals surface area contributed by atoms with Crippen LogP contribution in [0.1, 0.15) is 22.5 Å². The second kappa shape index (κ2) is 7.04. The molecule has 1 aromatic heterocycles. The number of hydrogen-bond acceptors (Lipinski definition) is 3. The maximum atomic E-state index is 14.0. The highest BCUT2D eigenvalue weighted by Crippen LogP contribution is 2.24. The molecule has 0 aliphatic carbocycles. The van der Waals surface area contributed by atoms with Crippen molar-refractivity contribution >= 4 is 28.2 Å². The number of carbonyl (C=O) groups excluding carboxylic acids is 1. The molecule has 1 amide bonds. The van der Waals surface area contributed by atoms with E-state index in [-0.39, 0.29) is 11.7 Å². The van der Waals surface area contributed by atoms with Gasteiger partial charge in [-0.1, -0.05) is 12.1 Å². The zero-order valence-electron chi connectivity index (χ0n) is 15.5. The summed E-state index contributed by atoms with van der Waals surface area (Å²) in [4.78, 5) is 17.9. The van der Waals surface area contributed by atoms with Crippen molar-refractivity contribution in [2.24, 2.45) is 0 Å². The second-order valence-electron chi connectivity index (χ2n) is 7.26. The third-order valence-electron chi connectivity index (χ3n) is 5.08. The maximum absolute atomic E-state index is 14.0. The highest BCUT2D eigenvalue weighted by atomic mass is 19.1. The number of benzene rings is 2. The first-order chi connectivity index (χ1) is 13.0. The van der Waals surface area contributed by atoms with Crippen molar-refractivity contribution in [2.45, 2.75) is 19.4 Å². The number of aryl methyl sites for hydroxylation is 1. The molecule has 140 valence electrons. The van der Waals surface area contributed by atoms with E-state index in [1.165, 1.54) is 6.07 Å². The zero-order valence-corrected chi connectivity index (χ0v) is 15.5. The molecule has 5 nitrogen and oxygen atoms in total. The molecule has 0 bridgehead atoms. The fourth-order valence-electron chi connectivity index (χ4n) is 3.62. The van der Waals surface area contributed by atoms with E-state index in [9.17, 15) is 9.18 Å². The van der Waals surface area contributed by atoms with Gasteiger partial charge in [0, 0.05) is 29.3 Å². The van der Waals surface area contributed by atoms with Gasteiger partial charge in [-0.25, -0.2) is 4.39 Å². The van der Waals surface area contributed by atoms with Crippen LogP contribution in [0, 0.1) is 12.7 Å². The lowest BCUT2D eigenvalue weighted by molar-refractivity contribution is 0.102. The third-order valence-corrected chi connectivity index (χ3v) is 5.08. The zero-order chi connectivity index (χ0) is 19.0. The van der Waals surface area contributed by atoms with Crippen LogP contribution >= 0.6 is 0 Å². The minimum absolute atomic E-state index is 0.289. The van der Waals surface area contributed by atoms with Crippen LogP contribution in [0.5, 0.6) is 0 Å². The molecule has 3 aromatic rings. The van der Waals surface area contributed by atoms with E-state index < -0.39 is 0 Å². The normalized spacial score (nSPS) is 17.4. The number of likely N-dealkylation sites (tertiary alicyclic amines) is 1. The van der Waals surface area contributed by atoms with Crippen LogP contribution in [0.4, 0.5) is 15.8 Å². The Morgan fingerprint density at radius 2 is 2.04 bits per heavy atom. The van der Waals surface area contributed by atoms with Gasteiger partial charge in [0.1, 0.15) is 11.5 Å². The van der Waals surface area contributed by atoms with E-state index in [1.807, 2.05) is 31.2 Å². The summed E-state index contributed by atoms with van der Waals surface area (Å²) in [6.07, 6.45) is 1.10. The largest absolute Gasteiger partial charge is 0.381 e. The van der Waals surface area contributed by atoms with E-state index in [2.05, 4.69) is 27.6 Å². The Morgan fingerprint density at radius 3 is 2.78 bits per heavy atom. The Bertz CT molecular complexity index is 958. The molecule has 1 atom stereocenters. The molecule has 27 heavy (non-hydrogen) atoms. The van der Waals surface area contributed by atoms with E-state index in [0.29, 0.717) is 28.3 Å². The molecule has 1 saturated heterocycles. The second-order valence-corrected chi connectivity index (χ2v) is 7.26. The monoisotopic (exact) mass is 366 g/mol. The first kappa shape index (κ1) is 17.5. The van der Waals surface area contributed by atoms with Crippen LogP contribution < -0.4 is 10.6 Å². The first-order valence-corrected chi connectivity index (χ1v) is 9.14. The van der Waals surface area contributed by atoms with Crippen molar-refractivity contribution in [3.63, 3.8) is 0 Å². The van der Waals surface area contributed by atoms with E-state index >= 15 is 0 Å². The molecule has 0 saturated carbocycles. The van der Waals surface area contributed by atoms with E-state index in [0.717, 1.165) is 30.8 Å². The number of amides is 1. The number of rotatable bonds is 4. The van der Waals surface area contributed by atoms with Crippen molar-refractivity contribution < 1.29 is 9.18 Å². The van der Waals surface area contributed by atoms with Gasteiger partial charge < -0.3 is 20.5 Å². The molecular weight excluding hydrogens is 343 g/mol. The highest BCUT2D eigenvalue weighted by Gasteiger charge is 2.19. The van der Waals surface area contributed by atoms with Gasteiger partial charge in [-0.05, 0) is 62.8 Å². The van der Waals surface area contributed by atoms with Crippen molar-refractivity contribution in [1.29, 1.82) is 0 Å². The summed E-state index contributed by atoms with van der Waals surface area (Å²) >= 11 is 0. The van der Waals surface area contributed by atoms with Gasteiger partial charge in [0.15, 0.2) is 0 Å². The topological polar surface area (TPSA) is 60.2 Å². The van der Waals surface area contributed by atoms with Crippen molar-refractivity contribution in [3.8, 4) is 0 Å². The molecule has 0 spiro atoms. The maximum Gasteiger partial charge on any atom is 0.272 e. The third kappa shape index (κ3) is 3.66. The number of anilines is 2. The smallest absolute Gasteiger partial charge is 0.272 e. The van der Waals surface area contributed by atoms with Crippen LogP contribution in [0.15, 0.2) is 42.5 Å². The average Bonchev–Trinajstić information content (AvgIpc) is 3.26. The van der Waals surface area contributed by atoms with Gasteiger partial charge in [-0.3, -0.25) is 4.79 Å². The van der Waals surface area contributed by atoms with Crippen LogP contribution in [0.3, 0.4) is 0 Å². The number of H-pyrrole nitrogens is 1. The number of hydrogen-bond donors (Lipinski definition) is 3. The Kier molecular flexibility index (Phi) is 4.58. The minimum Gasteiger partial charge on any atom is -0.381 e. The SMILES string of the molecule is Cc1ccc(F)c2cc(C(=O)Nc3cccc(NC4CCN(C)C4)c3)[nH]c12. The number of aromatic amines is 1. The fourth-order valence-corrected chi connectivity index (χ4v) is 3.62. The summed E-state index contributed by atoms with van der Waals surface area (Å²) in [5, 5.41) is 6.83. The number of halogens is 1. The van der Waals surface area contributed by atoms with Crippen LogP contribution in [0.2, 0.25) is 0 Å². The van der Waals surface area contributed by atoms with Crippen molar-refractivity contribution in [3.05, 3.63) is 59.5 Å². The Hall–Kier alpha value is -2.86. The summed E-state index contributed by atoms with van der Waals surface area (Å²) in [6.45, 7) is 3.98. The Morgan fingerprint density at radius 1 is 1.22 bits per heavy atom. The van der Waals surface area contributed by atoms with Crippen molar-refractivity contribution in [2.75, 3.05) is 30.8 Å². The van der Waals surface area contributed by atoms with Crippen molar-refractivity contribution in [1.82, 2.24) is 9.88 Å². The fraction of sp³-hybridized carbons (Fsp3) is 0.286. The predicted molar refractivity (Wildman–Crippen MR) is 107 cm³/mol. The number of nitrogens with zero attached hydrogens (tertiary/aromatic N) is 1. The molecule has 2 heterocycles. The molecule has 1 fully saturated rings. The quantitative estimate of drug-likeness (QED) is 0.654. The number of fused-ring (bicyclic) bond motifs is 1. The Balaban J connectivity index is 1.50. The van der Waals surface area contributed by atoms with Gasteiger partial charge in [0.25, 0.3) is 5.91 Å². The molecule has 0 radical (unpaired) electrons. The number of likely N-dealkylation sites (N-methyl/N-ethyl adjacent to an activating group) is 1. The first-order valence-electron chi connectivity index (χ1n) is 9.14. The van der Waals surface area contributed by atoms with Gasteiger partial charge in [0.05, 0.1) is 5.52 Å². The van der Waals surface area contributed by atoms with E-state index in [4.69, 9.17) is 0 Å². The summed E-state index contributed by atoms with van der Waals surface area (Å²) in [7, 11) is 2.11. The lowest BCUT2D eigenvalue weighted by atomic mass is 10.1. The molecule has 2 aromatic carbocycles. The molecule has 3 N–H and O–H groups in total. The molecule has 1 unspecified atom stereocenters. The van der Waals surface area contributed by atoms with Gasteiger partial charge in [0.2, 0.25) is 0 Å². The number of aromatic nitrogens is 1. The molecule has 4 rings (SSSR count). The standard InChI is InChI=1S/C21H23FN4O/c1-13-6-7-18(22)17-11-19(25-20(13)17)21(27)24-15-5-3-4-14(10-15)23-16-8-9-26(2)12-16/h3-7,10-11,16,23,25H,8-9,12H2,1-2H3,(H,24,27). The molecule has 1 aliphatic heterocycles. The van der Waals surface area contributed by atoms with Gasteiger partial charge >= 0.3 is 0 Å².